The summed E-state index contributed by atoms with van der Waals surface area (Å²) in [7, 11) is 0. The highest BCUT2D eigenvalue weighted by atomic mass is 19.2. The Morgan fingerprint density at radius 2 is 2.00 bits per heavy atom. The first-order valence-corrected chi connectivity index (χ1v) is 3.01. The quantitative estimate of drug-likeness (QED) is 0.482. The molecule has 0 N–H and O–H groups in total. The minimum Gasteiger partial charge on any atom is -0.183 e. The van der Waals surface area contributed by atoms with Crippen LogP contribution in [0.25, 0.3) is 0 Å². The number of hydrogen-bond donors (Lipinski definition) is 0. The number of nitrogens with zero attached hydrogens (tertiary/aromatic N) is 1. The molecule has 0 fully saturated rings. The summed E-state index contributed by atoms with van der Waals surface area (Å²) >= 11 is 0. The highest BCUT2D eigenvalue weighted by molar-refractivity contribution is 5.33. The van der Waals surface area contributed by atoms with Gasteiger partial charge < -0.3 is 0 Å². The molecule has 2 radical (unpaired) electrons. The third-order valence-corrected chi connectivity index (χ3v) is 0.997. The Morgan fingerprint density at radius 3 is 2.55 bits per heavy atom. The third-order valence-electron chi connectivity index (χ3n) is 0.997. The van der Waals surface area contributed by atoms with Crippen LogP contribution in [0, 0.1) is 0 Å². The first-order chi connectivity index (χ1) is 5.29. The molecule has 0 saturated carbocycles. The van der Waals surface area contributed by atoms with Crippen LogP contribution in [0.5, 0.6) is 0 Å². The average molecular weight is 155 g/mol. The van der Waals surface area contributed by atoms with Gasteiger partial charge in [0.2, 0.25) is 0 Å². The van der Waals surface area contributed by atoms with Gasteiger partial charge in [-0.15, -0.1) is 5.48 Å². The van der Waals surface area contributed by atoms with Crippen molar-refractivity contribution in [2.75, 3.05) is 0 Å². The van der Waals surface area contributed by atoms with Crippen molar-refractivity contribution in [3.05, 3.63) is 30.3 Å². The highest BCUT2D eigenvalue weighted by Crippen LogP contribution is 2.05. The number of alkyl halides is 1. The molecule has 0 aliphatic rings. The van der Waals surface area contributed by atoms with Crippen molar-refractivity contribution in [1.29, 1.82) is 0 Å². The van der Waals surface area contributed by atoms with Crippen LogP contribution in [-0.2, 0) is 9.94 Å². The fourth-order valence-electron chi connectivity index (χ4n) is 0.591. The van der Waals surface area contributed by atoms with Crippen LogP contribution in [0.2, 0.25) is 0 Å². The lowest BCUT2D eigenvalue weighted by Crippen LogP contribution is -2.07. The Bertz CT molecular complexity index is 203. The summed E-state index contributed by atoms with van der Waals surface area (Å²) in [6.07, 6.45) is 0. The molecule has 3 nitrogen and oxygen atoms in total. The van der Waals surface area contributed by atoms with Gasteiger partial charge in [0.05, 0.1) is 5.69 Å². The molecule has 58 valence electrons. The van der Waals surface area contributed by atoms with Gasteiger partial charge in [-0.25, -0.2) is 0 Å². The molecule has 1 aromatic carbocycles. The van der Waals surface area contributed by atoms with Crippen molar-refractivity contribution in [3.63, 3.8) is 0 Å². The molecule has 1 rings (SSSR count). The van der Waals surface area contributed by atoms with Crippen LogP contribution >= 0.6 is 0 Å². The van der Waals surface area contributed by atoms with Crippen LogP contribution < -0.4 is 5.48 Å². The fraction of sp³-hybridized carbons (Fsp3) is 0.143. The Kier molecular flexibility index (Phi) is 2.83. The zero-order chi connectivity index (χ0) is 8.10. The van der Waals surface area contributed by atoms with Gasteiger partial charge in [0, 0.05) is 0 Å². The van der Waals surface area contributed by atoms with E-state index < -0.39 is 6.54 Å². The molecule has 1 unspecified atom stereocenters. The Morgan fingerprint density at radius 1 is 1.36 bits per heavy atom. The molecule has 0 aliphatic heterocycles. The molecular weight excluding hydrogens is 149 g/mol. The smallest absolute Gasteiger partial charge is 0.183 e. The molecule has 0 amide bonds. The summed E-state index contributed by atoms with van der Waals surface area (Å²) < 4.78 is 11.5. The minimum atomic E-state index is -2.60. The number of rotatable bonds is 3. The van der Waals surface area contributed by atoms with Crippen LogP contribution in [0.1, 0.15) is 0 Å². The molecular formula is C7H6FNO2. The third kappa shape index (κ3) is 2.97. The SMILES string of the molecule is [O]C(F)O[N]c1ccccc1. The molecule has 4 heteroatoms. The van der Waals surface area contributed by atoms with Gasteiger partial charge in [0.1, 0.15) is 0 Å². The van der Waals surface area contributed by atoms with E-state index >= 15 is 0 Å². The van der Waals surface area contributed by atoms with E-state index in [1.54, 1.807) is 30.3 Å². The summed E-state index contributed by atoms with van der Waals surface area (Å²) in [5.74, 6) is 0. The number of halogens is 1. The first kappa shape index (κ1) is 7.97. The van der Waals surface area contributed by atoms with Crippen molar-refractivity contribution < 1.29 is 14.3 Å². The molecule has 11 heavy (non-hydrogen) atoms. The molecule has 0 saturated heterocycles. The van der Waals surface area contributed by atoms with E-state index in [4.69, 9.17) is 0 Å². The summed E-state index contributed by atoms with van der Waals surface area (Å²) in [5.41, 5.74) is 3.64. The predicted molar refractivity (Wildman–Crippen MR) is 34.9 cm³/mol. The van der Waals surface area contributed by atoms with Crippen LogP contribution in [-0.4, -0.2) is 6.54 Å². The van der Waals surface area contributed by atoms with E-state index in [1.165, 1.54) is 0 Å². The Balaban J connectivity index is 2.39. The van der Waals surface area contributed by atoms with Gasteiger partial charge in [-0.05, 0) is 12.1 Å². The Hall–Kier alpha value is -1.13. The molecule has 0 aliphatic carbocycles. The topological polar surface area (TPSA) is 43.2 Å². The molecule has 0 heterocycles. The molecule has 0 bridgehead atoms. The van der Waals surface area contributed by atoms with Crippen LogP contribution in [0.3, 0.4) is 0 Å². The zero-order valence-electron chi connectivity index (χ0n) is 5.61. The minimum absolute atomic E-state index is 0.422. The maximum Gasteiger partial charge on any atom is 0.359 e. The summed E-state index contributed by atoms with van der Waals surface area (Å²) in [4.78, 5) is 3.83. The van der Waals surface area contributed by atoms with Gasteiger partial charge in [-0.1, -0.05) is 18.2 Å². The normalized spacial score (nSPS) is 12.5. The van der Waals surface area contributed by atoms with Gasteiger partial charge in [-0.3, -0.25) is 0 Å². The lowest BCUT2D eigenvalue weighted by Gasteiger charge is -1.99. The average Bonchev–Trinajstić information content (AvgIpc) is 2.03. The molecule has 0 spiro atoms. The van der Waals surface area contributed by atoms with Gasteiger partial charge in [0.25, 0.3) is 0 Å². The van der Waals surface area contributed by atoms with Crippen LogP contribution in [0.15, 0.2) is 30.3 Å². The number of benzene rings is 1. The van der Waals surface area contributed by atoms with E-state index in [9.17, 15) is 9.50 Å². The van der Waals surface area contributed by atoms with E-state index in [-0.39, 0.29) is 0 Å². The second kappa shape index (κ2) is 3.90. The van der Waals surface area contributed by atoms with Crippen molar-refractivity contribution in [1.82, 2.24) is 5.48 Å². The lowest BCUT2D eigenvalue weighted by atomic mass is 10.3. The largest absolute Gasteiger partial charge is 0.359 e. The number of hydrogen-bond acceptors (Lipinski definition) is 1. The second-order valence-corrected chi connectivity index (χ2v) is 1.81. The van der Waals surface area contributed by atoms with E-state index in [0.717, 1.165) is 0 Å². The summed E-state index contributed by atoms with van der Waals surface area (Å²) in [6.45, 7) is -2.60. The lowest BCUT2D eigenvalue weighted by molar-refractivity contribution is -0.244. The van der Waals surface area contributed by atoms with E-state index in [1.807, 2.05) is 0 Å². The second-order valence-electron chi connectivity index (χ2n) is 1.81. The van der Waals surface area contributed by atoms with E-state index in [2.05, 4.69) is 10.3 Å². The van der Waals surface area contributed by atoms with Gasteiger partial charge in [0.15, 0.2) is 0 Å². The van der Waals surface area contributed by atoms with Crippen molar-refractivity contribution in [2.24, 2.45) is 0 Å². The van der Waals surface area contributed by atoms with Crippen molar-refractivity contribution in [2.45, 2.75) is 6.54 Å². The van der Waals surface area contributed by atoms with Crippen molar-refractivity contribution in [3.8, 4) is 0 Å². The van der Waals surface area contributed by atoms with E-state index in [0.29, 0.717) is 5.69 Å². The van der Waals surface area contributed by atoms with Gasteiger partial charge >= 0.3 is 6.54 Å². The van der Waals surface area contributed by atoms with Gasteiger partial charge in [-0.2, -0.15) is 14.3 Å². The Labute approximate surface area is 63.4 Å². The maximum absolute atomic E-state index is 11.5. The maximum atomic E-state index is 11.5. The molecule has 0 aromatic heterocycles. The molecule has 1 atom stereocenters. The monoisotopic (exact) mass is 155 g/mol. The first-order valence-electron chi connectivity index (χ1n) is 3.01. The highest BCUT2D eigenvalue weighted by Gasteiger charge is 2.01. The fourth-order valence-corrected chi connectivity index (χ4v) is 0.591. The zero-order valence-corrected chi connectivity index (χ0v) is 5.61. The van der Waals surface area contributed by atoms with Crippen LogP contribution in [0.4, 0.5) is 10.1 Å². The predicted octanol–water partition coefficient (Wildman–Crippen LogP) is 1.54. The summed E-state index contributed by atoms with van der Waals surface area (Å²) in [5, 5.41) is 9.72. The standard InChI is InChI=1S/C7H6FNO2/c8-7(10)11-9-6-4-2-1-3-5-6/h1-5,7H. The molecule has 1 aromatic rings. The van der Waals surface area contributed by atoms with Crippen molar-refractivity contribution >= 4 is 5.69 Å². The summed E-state index contributed by atoms with van der Waals surface area (Å²) in [6, 6.07) is 8.40.